The van der Waals surface area contributed by atoms with Crippen LogP contribution < -0.4 is 10.2 Å². The molecule has 0 radical (unpaired) electrons. The zero-order chi connectivity index (χ0) is 22.1. The van der Waals surface area contributed by atoms with Crippen molar-refractivity contribution >= 4 is 51.8 Å². The fourth-order valence-electron chi connectivity index (χ4n) is 4.08. The lowest BCUT2D eigenvalue weighted by Crippen LogP contribution is -2.42. The van der Waals surface area contributed by atoms with Crippen molar-refractivity contribution in [2.75, 3.05) is 31.2 Å². The number of hydrogen-bond acceptors (Lipinski definition) is 4. The van der Waals surface area contributed by atoms with E-state index < -0.39 is 0 Å². The van der Waals surface area contributed by atoms with Crippen LogP contribution in [-0.2, 0) is 20.9 Å². The number of hydrogen-bond donors (Lipinski definition) is 1. The first-order valence-corrected chi connectivity index (χ1v) is 10.9. The van der Waals surface area contributed by atoms with Gasteiger partial charge in [0.1, 0.15) is 12.2 Å². The van der Waals surface area contributed by atoms with Gasteiger partial charge in [0, 0.05) is 35.8 Å². The molecule has 2 aromatic carbocycles. The number of benzene rings is 2. The molecule has 0 saturated carbocycles. The highest BCUT2D eigenvalue weighted by molar-refractivity contribution is 7.80. The van der Waals surface area contributed by atoms with Gasteiger partial charge in [-0.25, -0.2) is 0 Å². The Morgan fingerprint density at radius 2 is 1.78 bits per heavy atom. The average molecular weight is 447 g/mol. The zero-order valence-electron chi connectivity index (χ0n) is 17.4. The van der Waals surface area contributed by atoms with Crippen LogP contribution >= 0.6 is 12.2 Å². The molecular formula is C24H22N4O3S. The molecule has 3 aromatic rings. The van der Waals surface area contributed by atoms with E-state index in [9.17, 15) is 9.59 Å². The number of fused-ring (bicyclic) bond motifs is 1. The summed E-state index contributed by atoms with van der Waals surface area (Å²) in [6, 6.07) is 17.2. The summed E-state index contributed by atoms with van der Waals surface area (Å²) in [6.45, 7) is 2.60. The maximum absolute atomic E-state index is 13.1. The Morgan fingerprint density at radius 3 is 2.56 bits per heavy atom. The number of nitrogens with one attached hydrogen (secondary N) is 1. The van der Waals surface area contributed by atoms with Gasteiger partial charge >= 0.3 is 0 Å². The molecule has 2 amide bonds. The number of carbonyl (C=O) groups is 2. The van der Waals surface area contributed by atoms with Crippen LogP contribution in [0.2, 0.25) is 0 Å². The molecule has 0 unspecified atom stereocenters. The number of morpholine rings is 1. The normalized spacial score (nSPS) is 17.9. The largest absolute Gasteiger partial charge is 0.378 e. The standard InChI is InChI=1S/C24H22N4O3S/c29-22(26-10-12-31-13-11-26)16-27-15-17(19-8-4-5-9-21(19)27)14-20-23(30)28(24(32)25-20)18-6-2-1-3-7-18/h1-9,14-15H,10-13,16H2,(H,25,32). The van der Waals surface area contributed by atoms with E-state index >= 15 is 0 Å². The molecule has 2 aliphatic heterocycles. The van der Waals surface area contributed by atoms with Gasteiger partial charge in [0.05, 0.1) is 18.9 Å². The number of carbonyl (C=O) groups excluding carboxylic acids is 2. The second-order valence-electron chi connectivity index (χ2n) is 7.69. The third-order valence-electron chi connectivity index (χ3n) is 5.68. The summed E-state index contributed by atoms with van der Waals surface area (Å²) in [4.78, 5) is 29.2. The van der Waals surface area contributed by atoms with Gasteiger partial charge in [0.2, 0.25) is 5.91 Å². The SMILES string of the molecule is O=C(Cn1cc(C=C2NC(=S)N(c3ccccc3)C2=O)c2ccccc21)N1CCOCC1. The molecule has 8 heteroatoms. The van der Waals surface area contributed by atoms with E-state index in [1.807, 2.05) is 70.3 Å². The van der Waals surface area contributed by atoms with Gasteiger partial charge < -0.3 is 19.5 Å². The first-order valence-electron chi connectivity index (χ1n) is 10.5. The molecule has 0 atom stereocenters. The first kappa shape index (κ1) is 20.4. The lowest BCUT2D eigenvalue weighted by molar-refractivity contribution is -0.135. The second-order valence-corrected chi connectivity index (χ2v) is 8.07. The van der Waals surface area contributed by atoms with Gasteiger partial charge in [-0.05, 0) is 36.5 Å². The van der Waals surface area contributed by atoms with E-state index in [0.29, 0.717) is 37.1 Å². The van der Waals surface area contributed by atoms with Gasteiger partial charge in [-0.2, -0.15) is 0 Å². The van der Waals surface area contributed by atoms with Gasteiger partial charge in [-0.3, -0.25) is 14.5 Å². The van der Waals surface area contributed by atoms with Crippen molar-refractivity contribution in [3.63, 3.8) is 0 Å². The topological polar surface area (TPSA) is 66.8 Å². The smallest absolute Gasteiger partial charge is 0.281 e. The van der Waals surface area contributed by atoms with E-state index in [1.165, 1.54) is 4.90 Å². The zero-order valence-corrected chi connectivity index (χ0v) is 18.2. The minimum atomic E-state index is -0.206. The van der Waals surface area contributed by atoms with Crippen LogP contribution in [0.3, 0.4) is 0 Å². The van der Waals surface area contributed by atoms with Crippen LogP contribution in [0.4, 0.5) is 5.69 Å². The maximum Gasteiger partial charge on any atom is 0.281 e. The number of aromatic nitrogens is 1. The Hall–Kier alpha value is -3.49. The Kier molecular flexibility index (Phi) is 5.46. The minimum Gasteiger partial charge on any atom is -0.378 e. The van der Waals surface area contributed by atoms with Gasteiger partial charge in [0.15, 0.2) is 5.11 Å². The lowest BCUT2D eigenvalue weighted by Gasteiger charge is -2.27. The summed E-state index contributed by atoms with van der Waals surface area (Å²) in [5, 5.41) is 4.35. The van der Waals surface area contributed by atoms with E-state index in [2.05, 4.69) is 5.32 Å². The highest BCUT2D eigenvalue weighted by Gasteiger charge is 2.32. The van der Waals surface area contributed by atoms with Gasteiger partial charge in [-0.1, -0.05) is 36.4 Å². The molecule has 0 aliphatic carbocycles. The van der Waals surface area contributed by atoms with Crippen LogP contribution in [-0.4, -0.2) is 52.7 Å². The number of rotatable bonds is 4. The highest BCUT2D eigenvalue weighted by Crippen LogP contribution is 2.27. The van der Waals surface area contributed by atoms with Crippen molar-refractivity contribution in [2.24, 2.45) is 0 Å². The summed E-state index contributed by atoms with van der Waals surface area (Å²) in [5.41, 5.74) is 2.91. The van der Waals surface area contributed by atoms with E-state index in [0.717, 1.165) is 22.2 Å². The molecular weight excluding hydrogens is 424 g/mol. The monoisotopic (exact) mass is 446 g/mol. The highest BCUT2D eigenvalue weighted by atomic mass is 32.1. The van der Waals surface area contributed by atoms with Crippen molar-refractivity contribution in [3.8, 4) is 0 Å². The molecule has 2 saturated heterocycles. The molecule has 5 rings (SSSR count). The number of amides is 2. The minimum absolute atomic E-state index is 0.0553. The summed E-state index contributed by atoms with van der Waals surface area (Å²) < 4.78 is 7.28. The predicted octanol–water partition coefficient (Wildman–Crippen LogP) is 2.76. The number of nitrogens with zero attached hydrogens (tertiary/aromatic N) is 3. The molecule has 0 spiro atoms. The van der Waals surface area contributed by atoms with Crippen LogP contribution in [0.1, 0.15) is 5.56 Å². The molecule has 162 valence electrons. The van der Waals surface area contributed by atoms with Gasteiger partial charge in [-0.15, -0.1) is 0 Å². The molecule has 3 heterocycles. The fourth-order valence-corrected chi connectivity index (χ4v) is 4.38. The molecule has 0 bridgehead atoms. The number of anilines is 1. The lowest BCUT2D eigenvalue weighted by atomic mass is 10.1. The van der Waals surface area contributed by atoms with Gasteiger partial charge in [0.25, 0.3) is 5.91 Å². The molecule has 1 N–H and O–H groups in total. The number of ether oxygens (including phenoxy) is 1. The summed E-state index contributed by atoms with van der Waals surface area (Å²) in [6.07, 6.45) is 3.72. The third-order valence-corrected chi connectivity index (χ3v) is 5.97. The maximum atomic E-state index is 13.1. The van der Waals surface area contributed by atoms with E-state index in [1.54, 1.807) is 6.08 Å². The van der Waals surface area contributed by atoms with Crippen molar-refractivity contribution < 1.29 is 14.3 Å². The molecule has 7 nitrogen and oxygen atoms in total. The summed E-state index contributed by atoms with van der Waals surface area (Å²) in [7, 11) is 0. The van der Waals surface area contributed by atoms with Crippen molar-refractivity contribution in [2.45, 2.75) is 6.54 Å². The van der Waals surface area contributed by atoms with Crippen molar-refractivity contribution in [1.82, 2.24) is 14.8 Å². The average Bonchev–Trinajstić information content (AvgIpc) is 3.31. The third kappa shape index (κ3) is 3.79. The predicted molar refractivity (Wildman–Crippen MR) is 127 cm³/mol. The quantitative estimate of drug-likeness (QED) is 0.493. The van der Waals surface area contributed by atoms with Crippen LogP contribution in [0.5, 0.6) is 0 Å². The summed E-state index contributed by atoms with van der Waals surface area (Å²) >= 11 is 5.41. The Morgan fingerprint density at radius 1 is 1.06 bits per heavy atom. The molecule has 2 fully saturated rings. The fraction of sp³-hybridized carbons (Fsp3) is 0.208. The molecule has 32 heavy (non-hydrogen) atoms. The first-order chi connectivity index (χ1) is 15.6. The van der Waals surface area contributed by atoms with Crippen LogP contribution in [0.15, 0.2) is 66.5 Å². The summed E-state index contributed by atoms with van der Waals surface area (Å²) in [5.74, 6) is -0.151. The second kappa shape index (κ2) is 8.57. The van der Waals surface area contributed by atoms with Crippen LogP contribution in [0.25, 0.3) is 17.0 Å². The Labute approximate surface area is 190 Å². The van der Waals surface area contributed by atoms with E-state index in [-0.39, 0.29) is 18.4 Å². The molecule has 2 aliphatic rings. The Bertz CT molecular complexity index is 1230. The molecule has 1 aromatic heterocycles. The number of thiocarbonyl (C=S) groups is 1. The van der Waals surface area contributed by atoms with Crippen LogP contribution in [0, 0.1) is 0 Å². The van der Waals surface area contributed by atoms with Crippen molar-refractivity contribution in [3.05, 3.63) is 72.1 Å². The van der Waals surface area contributed by atoms with E-state index in [4.69, 9.17) is 17.0 Å². The Balaban J connectivity index is 1.46. The number of para-hydroxylation sites is 2. The van der Waals surface area contributed by atoms with Crippen molar-refractivity contribution in [1.29, 1.82) is 0 Å².